The fraction of sp³-hybridized carbons (Fsp3) is 0.619. The van der Waals surface area contributed by atoms with Gasteiger partial charge in [-0.15, -0.1) is 12.4 Å². The predicted molar refractivity (Wildman–Crippen MR) is 112 cm³/mol. The minimum atomic E-state index is -0.0600. The van der Waals surface area contributed by atoms with Crippen molar-refractivity contribution in [2.45, 2.75) is 38.1 Å². The van der Waals surface area contributed by atoms with Crippen molar-refractivity contribution in [1.29, 1.82) is 0 Å². The van der Waals surface area contributed by atoms with E-state index in [2.05, 4.69) is 5.32 Å². The molecule has 2 fully saturated rings. The van der Waals surface area contributed by atoms with Gasteiger partial charge < -0.3 is 19.9 Å². The zero-order valence-electron chi connectivity index (χ0n) is 16.6. The van der Waals surface area contributed by atoms with Crippen LogP contribution in [-0.2, 0) is 9.59 Å². The van der Waals surface area contributed by atoms with Crippen LogP contribution in [0.4, 0.5) is 0 Å². The van der Waals surface area contributed by atoms with E-state index in [4.69, 9.17) is 4.74 Å². The number of likely N-dealkylation sites (N-methyl/N-ethyl adjacent to an activating group) is 1. The summed E-state index contributed by atoms with van der Waals surface area (Å²) in [5.74, 6) is 1.03. The number of amides is 2. The molecule has 156 valence electrons. The monoisotopic (exact) mass is 409 g/mol. The van der Waals surface area contributed by atoms with E-state index in [0.29, 0.717) is 25.6 Å². The van der Waals surface area contributed by atoms with Crippen LogP contribution in [0, 0.1) is 5.92 Å². The van der Waals surface area contributed by atoms with Gasteiger partial charge >= 0.3 is 0 Å². The largest absolute Gasteiger partial charge is 0.493 e. The average Bonchev–Trinajstić information content (AvgIpc) is 3.17. The van der Waals surface area contributed by atoms with Gasteiger partial charge in [-0.1, -0.05) is 18.2 Å². The minimum absolute atomic E-state index is 0. The minimum Gasteiger partial charge on any atom is -0.493 e. The molecular weight excluding hydrogens is 378 g/mol. The molecule has 2 saturated heterocycles. The van der Waals surface area contributed by atoms with Crippen LogP contribution in [-0.4, -0.2) is 67.5 Å². The molecule has 2 heterocycles. The van der Waals surface area contributed by atoms with E-state index in [1.807, 2.05) is 47.2 Å². The molecule has 0 aliphatic carbocycles. The van der Waals surface area contributed by atoms with Gasteiger partial charge in [-0.25, -0.2) is 0 Å². The Bertz CT molecular complexity index is 629. The summed E-state index contributed by atoms with van der Waals surface area (Å²) in [5, 5.41) is 3.19. The number of nitrogens with zero attached hydrogens (tertiary/aromatic N) is 2. The highest BCUT2D eigenvalue weighted by atomic mass is 35.5. The molecule has 2 aliphatic heterocycles. The molecule has 0 radical (unpaired) electrons. The highest BCUT2D eigenvalue weighted by molar-refractivity contribution is 5.85. The topological polar surface area (TPSA) is 61.9 Å². The Morgan fingerprint density at radius 2 is 1.89 bits per heavy atom. The first kappa shape index (κ1) is 22.5. The smallest absolute Gasteiger partial charge is 0.227 e. The van der Waals surface area contributed by atoms with Gasteiger partial charge in [0.15, 0.2) is 0 Å². The van der Waals surface area contributed by atoms with Crippen molar-refractivity contribution in [1.82, 2.24) is 15.1 Å². The summed E-state index contributed by atoms with van der Waals surface area (Å²) in [7, 11) is 1.93. The Morgan fingerprint density at radius 1 is 1.14 bits per heavy atom. The van der Waals surface area contributed by atoms with E-state index >= 15 is 0 Å². The number of carbonyl (C=O) groups excluding carboxylic acids is 2. The third-order valence-electron chi connectivity index (χ3n) is 5.55. The number of piperidine rings is 1. The second-order valence-corrected chi connectivity index (χ2v) is 7.48. The molecule has 2 unspecified atom stereocenters. The zero-order chi connectivity index (χ0) is 19.1. The molecule has 1 N–H and O–H groups in total. The van der Waals surface area contributed by atoms with E-state index in [9.17, 15) is 9.59 Å². The molecule has 0 saturated carbocycles. The number of halogens is 1. The summed E-state index contributed by atoms with van der Waals surface area (Å²) in [6.45, 7) is 3.35. The van der Waals surface area contributed by atoms with Gasteiger partial charge in [0, 0.05) is 32.2 Å². The molecule has 0 bridgehead atoms. The summed E-state index contributed by atoms with van der Waals surface area (Å²) >= 11 is 0. The van der Waals surface area contributed by atoms with Gasteiger partial charge in [0.2, 0.25) is 11.8 Å². The SMILES string of the molecule is CNCC1CCCN1C(=O)C1CCCN(C(=O)CCOc2ccccc2)C1.Cl. The number of benzene rings is 1. The van der Waals surface area contributed by atoms with Crippen LogP contribution < -0.4 is 10.1 Å². The predicted octanol–water partition coefficient (Wildman–Crippen LogP) is 2.33. The van der Waals surface area contributed by atoms with Crippen molar-refractivity contribution in [3.05, 3.63) is 30.3 Å². The van der Waals surface area contributed by atoms with Crippen LogP contribution in [0.15, 0.2) is 30.3 Å². The lowest BCUT2D eigenvalue weighted by Gasteiger charge is -2.35. The summed E-state index contributed by atoms with van der Waals surface area (Å²) in [5.41, 5.74) is 0. The Kier molecular flexibility index (Phi) is 9.06. The first-order valence-corrected chi connectivity index (χ1v) is 10.1. The maximum absolute atomic E-state index is 13.0. The van der Waals surface area contributed by atoms with E-state index in [1.165, 1.54) is 0 Å². The van der Waals surface area contributed by atoms with Gasteiger partial charge in [-0.3, -0.25) is 9.59 Å². The summed E-state index contributed by atoms with van der Waals surface area (Å²) in [4.78, 5) is 29.4. The average molecular weight is 410 g/mol. The molecule has 0 spiro atoms. The standard InChI is InChI=1S/C21H31N3O3.ClH/c1-22-15-18-8-6-13-24(18)21(26)17-7-5-12-23(16-17)20(25)11-14-27-19-9-3-2-4-10-19;/h2-4,9-10,17-18,22H,5-8,11-16H2,1H3;1H. The van der Waals surface area contributed by atoms with E-state index < -0.39 is 0 Å². The van der Waals surface area contributed by atoms with Gasteiger partial charge in [0.25, 0.3) is 0 Å². The molecule has 7 heteroatoms. The van der Waals surface area contributed by atoms with E-state index in [1.54, 1.807) is 0 Å². The number of ether oxygens (including phenoxy) is 1. The second-order valence-electron chi connectivity index (χ2n) is 7.48. The Morgan fingerprint density at radius 3 is 2.64 bits per heavy atom. The van der Waals surface area contributed by atoms with Crippen molar-refractivity contribution in [3.8, 4) is 5.75 Å². The number of nitrogens with one attached hydrogen (secondary N) is 1. The first-order chi connectivity index (χ1) is 13.2. The number of rotatable bonds is 7. The first-order valence-electron chi connectivity index (χ1n) is 10.1. The molecule has 2 atom stereocenters. The molecule has 28 heavy (non-hydrogen) atoms. The normalized spacial score (nSPS) is 21.9. The lowest BCUT2D eigenvalue weighted by atomic mass is 9.96. The lowest BCUT2D eigenvalue weighted by molar-refractivity contribution is -0.141. The molecule has 2 amide bonds. The van der Waals surface area contributed by atoms with Gasteiger partial charge in [0.1, 0.15) is 5.75 Å². The van der Waals surface area contributed by atoms with Crippen LogP contribution >= 0.6 is 12.4 Å². The van der Waals surface area contributed by atoms with Crippen molar-refractivity contribution in [3.63, 3.8) is 0 Å². The Hall–Kier alpha value is -1.79. The van der Waals surface area contributed by atoms with Crippen molar-refractivity contribution >= 4 is 24.2 Å². The number of hydrogen-bond acceptors (Lipinski definition) is 4. The van der Waals surface area contributed by atoms with E-state index in [-0.39, 0.29) is 30.1 Å². The molecular formula is C21H32ClN3O3. The fourth-order valence-corrected chi connectivity index (χ4v) is 4.14. The van der Waals surface area contributed by atoms with Crippen LogP contribution in [0.1, 0.15) is 32.1 Å². The highest BCUT2D eigenvalue weighted by Gasteiger charge is 2.35. The summed E-state index contributed by atoms with van der Waals surface area (Å²) in [6.07, 6.45) is 4.27. The van der Waals surface area contributed by atoms with Crippen LogP contribution in [0.5, 0.6) is 5.75 Å². The molecule has 2 aliphatic rings. The second kappa shape index (κ2) is 11.3. The maximum atomic E-state index is 13.0. The fourth-order valence-electron chi connectivity index (χ4n) is 4.14. The summed E-state index contributed by atoms with van der Waals surface area (Å²) < 4.78 is 5.63. The Balaban J connectivity index is 0.00000280. The third-order valence-corrected chi connectivity index (χ3v) is 5.55. The lowest BCUT2D eigenvalue weighted by Crippen LogP contribution is -2.49. The molecule has 6 nitrogen and oxygen atoms in total. The number of hydrogen-bond donors (Lipinski definition) is 1. The zero-order valence-corrected chi connectivity index (χ0v) is 17.5. The van der Waals surface area contributed by atoms with Crippen LogP contribution in [0.2, 0.25) is 0 Å². The third kappa shape index (κ3) is 5.85. The quantitative estimate of drug-likeness (QED) is 0.750. The molecule has 0 aromatic heterocycles. The number of para-hydroxylation sites is 1. The van der Waals surface area contributed by atoms with Gasteiger partial charge in [-0.05, 0) is 44.9 Å². The van der Waals surface area contributed by atoms with E-state index in [0.717, 1.165) is 51.1 Å². The van der Waals surface area contributed by atoms with Crippen LogP contribution in [0.25, 0.3) is 0 Å². The number of likely N-dealkylation sites (tertiary alicyclic amines) is 2. The molecule has 3 rings (SSSR count). The summed E-state index contributed by atoms with van der Waals surface area (Å²) in [6, 6.07) is 9.84. The molecule has 1 aromatic rings. The number of carbonyl (C=O) groups is 2. The highest BCUT2D eigenvalue weighted by Crippen LogP contribution is 2.25. The van der Waals surface area contributed by atoms with Crippen molar-refractivity contribution < 1.29 is 14.3 Å². The van der Waals surface area contributed by atoms with Crippen molar-refractivity contribution in [2.24, 2.45) is 5.92 Å². The van der Waals surface area contributed by atoms with Gasteiger partial charge in [-0.2, -0.15) is 0 Å². The Labute approximate surface area is 174 Å². The van der Waals surface area contributed by atoms with Crippen molar-refractivity contribution in [2.75, 3.05) is 39.8 Å². The molecule has 1 aromatic carbocycles. The maximum Gasteiger partial charge on any atom is 0.227 e. The van der Waals surface area contributed by atoms with Crippen LogP contribution in [0.3, 0.4) is 0 Å². The van der Waals surface area contributed by atoms with Gasteiger partial charge in [0.05, 0.1) is 18.9 Å².